The number of rotatable bonds is 4. The number of alkyl halides is 1. The lowest BCUT2D eigenvalue weighted by molar-refractivity contribution is 0.150. The van der Waals surface area contributed by atoms with Gasteiger partial charge in [-0.15, -0.1) is 0 Å². The lowest BCUT2D eigenvalue weighted by Gasteiger charge is -2.22. The molecule has 0 spiro atoms. The molecule has 0 saturated carbocycles. The predicted molar refractivity (Wildman–Crippen MR) is 64.2 cm³/mol. The second kappa shape index (κ2) is 5.25. The van der Waals surface area contributed by atoms with E-state index in [1.54, 1.807) is 7.11 Å². The number of halogens is 1. The number of cyclic esters (lactones) is 1. The Balaban J connectivity index is 2.08. The highest BCUT2D eigenvalue weighted by molar-refractivity contribution is 5.70. The van der Waals surface area contributed by atoms with Gasteiger partial charge in [0.15, 0.2) is 0 Å². The minimum Gasteiger partial charge on any atom is -0.497 e. The Morgan fingerprint density at radius 1 is 1.50 bits per heavy atom. The van der Waals surface area contributed by atoms with E-state index in [1.807, 2.05) is 24.3 Å². The summed E-state index contributed by atoms with van der Waals surface area (Å²) < 4.78 is 23.3. The van der Waals surface area contributed by atoms with Crippen LogP contribution in [0.15, 0.2) is 24.3 Å². The van der Waals surface area contributed by atoms with E-state index in [9.17, 15) is 9.18 Å². The van der Waals surface area contributed by atoms with Gasteiger partial charge in [-0.3, -0.25) is 4.90 Å². The number of hydrogen-bond acceptors (Lipinski definition) is 3. The molecule has 1 saturated heterocycles. The van der Waals surface area contributed by atoms with Crippen LogP contribution in [0.3, 0.4) is 0 Å². The van der Waals surface area contributed by atoms with Gasteiger partial charge in [0, 0.05) is 6.54 Å². The van der Waals surface area contributed by atoms with Crippen LogP contribution >= 0.6 is 0 Å². The van der Waals surface area contributed by atoms with E-state index in [0.29, 0.717) is 6.54 Å². The topological polar surface area (TPSA) is 38.8 Å². The molecule has 1 aromatic carbocycles. The first-order valence-corrected chi connectivity index (χ1v) is 5.82. The maximum atomic E-state index is 13.4. The van der Waals surface area contributed by atoms with Crippen molar-refractivity contribution < 1.29 is 18.7 Å². The van der Waals surface area contributed by atoms with Gasteiger partial charge in [0.1, 0.15) is 24.6 Å². The Morgan fingerprint density at radius 3 is 2.72 bits per heavy atom. The first-order chi connectivity index (χ1) is 8.61. The summed E-state index contributed by atoms with van der Waals surface area (Å²) in [4.78, 5) is 13.0. The van der Waals surface area contributed by atoms with Crippen LogP contribution in [-0.4, -0.2) is 36.9 Å². The SMILES string of the molecule is COc1ccc(CN2C(=O)OC[C@H]2C(C)F)cc1. The Bertz CT molecular complexity index is 419. The Labute approximate surface area is 105 Å². The molecular weight excluding hydrogens is 237 g/mol. The van der Waals surface area contributed by atoms with Crippen molar-refractivity contribution in [3.8, 4) is 5.75 Å². The maximum absolute atomic E-state index is 13.4. The molecule has 0 aliphatic carbocycles. The van der Waals surface area contributed by atoms with Crippen LogP contribution in [0.2, 0.25) is 0 Å². The van der Waals surface area contributed by atoms with Crippen molar-refractivity contribution in [2.75, 3.05) is 13.7 Å². The monoisotopic (exact) mass is 253 g/mol. The Hall–Kier alpha value is -1.78. The second-order valence-corrected chi connectivity index (χ2v) is 4.30. The first kappa shape index (κ1) is 12.7. The third kappa shape index (κ3) is 2.55. The van der Waals surface area contributed by atoms with E-state index in [4.69, 9.17) is 9.47 Å². The fourth-order valence-corrected chi connectivity index (χ4v) is 1.95. The highest BCUT2D eigenvalue weighted by atomic mass is 19.1. The number of ether oxygens (including phenoxy) is 2. The summed E-state index contributed by atoms with van der Waals surface area (Å²) in [5.41, 5.74) is 0.917. The zero-order chi connectivity index (χ0) is 13.1. The van der Waals surface area contributed by atoms with Gasteiger partial charge in [-0.2, -0.15) is 0 Å². The number of carbonyl (C=O) groups is 1. The summed E-state index contributed by atoms with van der Waals surface area (Å²) in [6.45, 7) is 1.90. The van der Waals surface area contributed by atoms with Crippen LogP contribution in [0.4, 0.5) is 9.18 Å². The van der Waals surface area contributed by atoms with Gasteiger partial charge in [0.25, 0.3) is 0 Å². The highest BCUT2D eigenvalue weighted by Gasteiger charge is 2.36. The van der Waals surface area contributed by atoms with Crippen LogP contribution in [0.5, 0.6) is 5.75 Å². The summed E-state index contributed by atoms with van der Waals surface area (Å²) >= 11 is 0. The largest absolute Gasteiger partial charge is 0.497 e. The zero-order valence-electron chi connectivity index (χ0n) is 10.4. The van der Waals surface area contributed by atoms with Gasteiger partial charge < -0.3 is 9.47 Å². The third-order valence-corrected chi connectivity index (χ3v) is 3.05. The van der Waals surface area contributed by atoms with Crippen LogP contribution < -0.4 is 4.74 Å². The molecule has 1 aliphatic heterocycles. The summed E-state index contributed by atoms with van der Waals surface area (Å²) in [7, 11) is 1.59. The zero-order valence-corrected chi connectivity index (χ0v) is 10.4. The second-order valence-electron chi connectivity index (χ2n) is 4.30. The number of benzene rings is 1. The summed E-state index contributed by atoms with van der Waals surface area (Å²) in [5.74, 6) is 0.748. The molecule has 4 nitrogen and oxygen atoms in total. The predicted octanol–water partition coefficient (Wildman–Crippen LogP) is 2.37. The Morgan fingerprint density at radius 2 is 2.17 bits per heavy atom. The minimum absolute atomic E-state index is 0.118. The molecule has 2 atom stereocenters. The molecule has 1 unspecified atom stereocenters. The first-order valence-electron chi connectivity index (χ1n) is 5.82. The van der Waals surface area contributed by atoms with Crippen molar-refractivity contribution in [2.24, 2.45) is 0 Å². The van der Waals surface area contributed by atoms with Gasteiger partial charge in [-0.05, 0) is 24.6 Å². The van der Waals surface area contributed by atoms with Crippen molar-refractivity contribution in [3.05, 3.63) is 29.8 Å². The van der Waals surface area contributed by atoms with Crippen LogP contribution in [0.1, 0.15) is 12.5 Å². The van der Waals surface area contributed by atoms with Crippen LogP contribution in [-0.2, 0) is 11.3 Å². The van der Waals surface area contributed by atoms with Crippen molar-refractivity contribution in [1.82, 2.24) is 4.90 Å². The van der Waals surface area contributed by atoms with E-state index in [1.165, 1.54) is 11.8 Å². The molecule has 0 bridgehead atoms. The smallest absolute Gasteiger partial charge is 0.410 e. The van der Waals surface area contributed by atoms with E-state index in [-0.39, 0.29) is 6.61 Å². The van der Waals surface area contributed by atoms with Crippen LogP contribution in [0, 0.1) is 0 Å². The fraction of sp³-hybridized carbons (Fsp3) is 0.462. The summed E-state index contributed by atoms with van der Waals surface area (Å²) in [5, 5.41) is 0. The molecule has 1 aliphatic rings. The van der Waals surface area contributed by atoms with Crippen molar-refractivity contribution in [1.29, 1.82) is 0 Å². The lowest BCUT2D eigenvalue weighted by atomic mass is 10.1. The van der Waals surface area contributed by atoms with Gasteiger partial charge in [-0.25, -0.2) is 9.18 Å². The van der Waals surface area contributed by atoms with Gasteiger partial charge in [-0.1, -0.05) is 12.1 Å². The Kier molecular flexibility index (Phi) is 3.69. The van der Waals surface area contributed by atoms with E-state index < -0.39 is 18.3 Å². The molecule has 2 rings (SSSR count). The van der Waals surface area contributed by atoms with Crippen molar-refractivity contribution >= 4 is 6.09 Å². The maximum Gasteiger partial charge on any atom is 0.410 e. The number of amides is 1. The van der Waals surface area contributed by atoms with E-state index in [0.717, 1.165) is 11.3 Å². The lowest BCUT2D eigenvalue weighted by Crippen LogP contribution is -2.38. The number of nitrogens with zero attached hydrogens (tertiary/aromatic N) is 1. The minimum atomic E-state index is -1.10. The molecular formula is C13H16FNO3. The average Bonchev–Trinajstić information content (AvgIpc) is 2.72. The van der Waals surface area contributed by atoms with Crippen molar-refractivity contribution in [2.45, 2.75) is 25.7 Å². The molecule has 0 N–H and O–H groups in total. The summed E-state index contributed by atoms with van der Waals surface area (Å²) in [6, 6.07) is 6.82. The van der Waals surface area contributed by atoms with Gasteiger partial charge >= 0.3 is 6.09 Å². The molecule has 1 amide bonds. The van der Waals surface area contributed by atoms with Gasteiger partial charge in [0.05, 0.1) is 7.11 Å². The van der Waals surface area contributed by atoms with E-state index in [2.05, 4.69) is 0 Å². The van der Waals surface area contributed by atoms with Crippen LogP contribution in [0.25, 0.3) is 0 Å². The molecule has 98 valence electrons. The number of methoxy groups -OCH3 is 1. The molecule has 18 heavy (non-hydrogen) atoms. The average molecular weight is 253 g/mol. The standard InChI is InChI=1S/C13H16FNO3/c1-9(14)12-8-18-13(16)15(12)7-10-3-5-11(17-2)6-4-10/h3-6,9,12H,7-8H2,1-2H3/t9?,12-/m0/s1. The molecule has 5 heteroatoms. The molecule has 1 heterocycles. The number of carbonyl (C=O) groups excluding carboxylic acids is 1. The summed E-state index contributed by atoms with van der Waals surface area (Å²) in [6.07, 6.45) is -1.56. The van der Waals surface area contributed by atoms with Crippen molar-refractivity contribution in [3.63, 3.8) is 0 Å². The van der Waals surface area contributed by atoms with E-state index >= 15 is 0 Å². The molecule has 0 aromatic heterocycles. The third-order valence-electron chi connectivity index (χ3n) is 3.05. The molecule has 0 radical (unpaired) electrons. The number of hydrogen-bond donors (Lipinski definition) is 0. The fourth-order valence-electron chi connectivity index (χ4n) is 1.95. The molecule has 1 fully saturated rings. The normalized spacial score (nSPS) is 20.7. The highest BCUT2D eigenvalue weighted by Crippen LogP contribution is 2.21. The molecule has 1 aromatic rings. The quantitative estimate of drug-likeness (QED) is 0.827. The van der Waals surface area contributed by atoms with Gasteiger partial charge in [0.2, 0.25) is 0 Å².